The van der Waals surface area contributed by atoms with Crippen LogP contribution < -0.4 is 5.32 Å². The molecule has 0 spiro atoms. The Hall–Kier alpha value is -2.09. The zero-order valence-corrected chi connectivity index (χ0v) is 16.8. The molecule has 1 aromatic heterocycles. The normalized spacial score (nSPS) is 21.2. The number of carbonyl (C=O) groups is 2. The van der Waals surface area contributed by atoms with E-state index in [2.05, 4.69) is 22.1 Å². The molecule has 6 nitrogen and oxygen atoms in total. The average Bonchev–Trinajstić information content (AvgIpc) is 3.32. The number of rotatable bonds is 5. The SMILES string of the molecule is CCc1sc(NC(=O)[C@@H]2CC(=O)CN2C2CCOCC2)nc1-c1ccccc1. The zero-order valence-electron chi connectivity index (χ0n) is 16.0. The van der Waals surface area contributed by atoms with Crippen LogP contribution in [0.1, 0.15) is 31.1 Å². The zero-order chi connectivity index (χ0) is 19.5. The van der Waals surface area contributed by atoms with Crippen molar-refractivity contribution in [2.45, 2.75) is 44.7 Å². The van der Waals surface area contributed by atoms with Crippen LogP contribution in [-0.2, 0) is 20.7 Å². The molecule has 2 saturated heterocycles. The maximum atomic E-state index is 13.0. The highest BCUT2D eigenvalue weighted by molar-refractivity contribution is 7.16. The summed E-state index contributed by atoms with van der Waals surface area (Å²) >= 11 is 1.51. The van der Waals surface area contributed by atoms with Gasteiger partial charge in [0.05, 0.1) is 18.3 Å². The van der Waals surface area contributed by atoms with Gasteiger partial charge in [-0.2, -0.15) is 0 Å². The van der Waals surface area contributed by atoms with Gasteiger partial charge in [-0.25, -0.2) is 4.98 Å². The van der Waals surface area contributed by atoms with Crippen LogP contribution in [0.15, 0.2) is 30.3 Å². The lowest BCUT2D eigenvalue weighted by molar-refractivity contribution is -0.122. The Morgan fingerprint density at radius 2 is 2.04 bits per heavy atom. The lowest BCUT2D eigenvalue weighted by Crippen LogP contribution is -2.47. The number of benzene rings is 1. The summed E-state index contributed by atoms with van der Waals surface area (Å²) in [5.74, 6) is -0.00152. The predicted octanol–water partition coefficient (Wildman–Crippen LogP) is 3.13. The Labute approximate surface area is 168 Å². The van der Waals surface area contributed by atoms with Crippen LogP contribution in [0.25, 0.3) is 11.3 Å². The molecule has 7 heteroatoms. The number of thiazole rings is 1. The van der Waals surface area contributed by atoms with Crippen LogP contribution in [0.5, 0.6) is 0 Å². The number of nitrogens with zero attached hydrogens (tertiary/aromatic N) is 2. The summed E-state index contributed by atoms with van der Waals surface area (Å²) in [6, 6.07) is 9.84. The van der Waals surface area contributed by atoms with E-state index in [9.17, 15) is 9.59 Å². The molecule has 1 N–H and O–H groups in total. The first-order valence-electron chi connectivity index (χ1n) is 9.87. The van der Waals surface area contributed by atoms with Crippen LogP contribution in [0, 0.1) is 0 Å². The molecule has 28 heavy (non-hydrogen) atoms. The van der Waals surface area contributed by atoms with Gasteiger partial charge in [-0.15, -0.1) is 11.3 Å². The lowest BCUT2D eigenvalue weighted by atomic mass is 10.1. The minimum absolute atomic E-state index is 0.130. The van der Waals surface area contributed by atoms with Crippen molar-refractivity contribution in [1.29, 1.82) is 0 Å². The van der Waals surface area contributed by atoms with Gasteiger partial charge >= 0.3 is 0 Å². The number of carbonyl (C=O) groups excluding carboxylic acids is 2. The number of amides is 1. The third kappa shape index (κ3) is 4.01. The van der Waals surface area contributed by atoms with Crippen molar-refractivity contribution in [3.8, 4) is 11.3 Å². The predicted molar refractivity (Wildman–Crippen MR) is 110 cm³/mol. The molecule has 0 bridgehead atoms. The van der Waals surface area contributed by atoms with Gasteiger partial charge in [0.15, 0.2) is 5.13 Å². The van der Waals surface area contributed by atoms with Crippen molar-refractivity contribution in [2.24, 2.45) is 0 Å². The number of aryl methyl sites for hydroxylation is 1. The highest BCUT2D eigenvalue weighted by atomic mass is 32.1. The third-order valence-corrected chi connectivity index (χ3v) is 6.55. The number of anilines is 1. The second kappa shape index (κ2) is 8.51. The first-order chi connectivity index (χ1) is 13.7. The molecule has 4 rings (SSSR count). The van der Waals surface area contributed by atoms with Gasteiger partial charge in [0.25, 0.3) is 0 Å². The third-order valence-electron chi connectivity index (χ3n) is 5.44. The molecule has 0 aliphatic carbocycles. The average molecular weight is 400 g/mol. The first-order valence-corrected chi connectivity index (χ1v) is 10.7. The Bertz CT molecular complexity index is 846. The van der Waals surface area contributed by atoms with Crippen molar-refractivity contribution in [2.75, 3.05) is 25.1 Å². The Morgan fingerprint density at radius 1 is 1.29 bits per heavy atom. The molecule has 0 unspecified atom stereocenters. The van der Waals surface area contributed by atoms with Gasteiger partial charge in [-0.1, -0.05) is 37.3 Å². The lowest BCUT2D eigenvalue weighted by Gasteiger charge is -2.33. The minimum atomic E-state index is -0.412. The molecule has 0 saturated carbocycles. The number of nitrogens with one attached hydrogen (secondary N) is 1. The number of ketones is 1. The van der Waals surface area contributed by atoms with Gasteiger partial charge in [0, 0.05) is 36.1 Å². The molecule has 2 fully saturated rings. The van der Waals surface area contributed by atoms with Crippen LogP contribution >= 0.6 is 11.3 Å². The minimum Gasteiger partial charge on any atom is -0.381 e. The fourth-order valence-corrected chi connectivity index (χ4v) is 4.94. The van der Waals surface area contributed by atoms with Crippen molar-refractivity contribution in [3.05, 3.63) is 35.2 Å². The first kappa shape index (κ1) is 19.2. The molecule has 2 aliphatic rings. The molecule has 0 radical (unpaired) electrons. The van der Waals surface area contributed by atoms with Crippen molar-refractivity contribution >= 4 is 28.2 Å². The van der Waals surface area contributed by atoms with E-state index >= 15 is 0 Å². The second-order valence-electron chi connectivity index (χ2n) is 7.27. The number of ether oxygens (including phenoxy) is 1. The van der Waals surface area contributed by atoms with Crippen LogP contribution in [0.4, 0.5) is 5.13 Å². The van der Waals surface area contributed by atoms with Crippen molar-refractivity contribution < 1.29 is 14.3 Å². The van der Waals surface area contributed by atoms with E-state index in [1.54, 1.807) is 0 Å². The summed E-state index contributed by atoms with van der Waals surface area (Å²) in [5.41, 5.74) is 1.98. The van der Waals surface area contributed by atoms with E-state index in [4.69, 9.17) is 4.74 Å². The van der Waals surface area contributed by atoms with Gasteiger partial charge in [0.2, 0.25) is 5.91 Å². The quantitative estimate of drug-likeness (QED) is 0.836. The van der Waals surface area contributed by atoms with Gasteiger partial charge < -0.3 is 10.1 Å². The molecular formula is C21H25N3O3S. The molecule has 2 aliphatic heterocycles. The summed E-state index contributed by atoms with van der Waals surface area (Å²) in [7, 11) is 0. The number of likely N-dealkylation sites (tertiary alicyclic amines) is 1. The highest BCUT2D eigenvalue weighted by Gasteiger charge is 2.40. The maximum Gasteiger partial charge on any atom is 0.243 e. The number of Topliss-reactive ketones (excluding diaryl/α,β-unsaturated/α-hetero) is 1. The van der Waals surface area contributed by atoms with Gasteiger partial charge in [-0.3, -0.25) is 14.5 Å². The van der Waals surface area contributed by atoms with Gasteiger partial charge in [-0.05, 0) is 19.3 Å². The summed E-state index contributed by atoms with van der Waals surface area (Å²) in [6.07, 6.45) is 2.87. The van der Waals surface area contributed by atoms with E-state index < -0.39 is 6.04 Å². The summed E-state index contributed by atoms with van der Waals surface area (Å²) in [5, 5.41) is 3.59. The van der Waals surface area contributed by atoms with E-state index in [0.29, 0.717) is 24.9 Å². The Morgan fingerprint density at radius 3 is 2.75 bits per heavy atom. The van der Waals surface area contributed by atoms with Crippen LogP contribution in [-0.4, -0.2) is 53.4 Å². The van der Waals surface area contributed by atoms with Crippen LogP contribution in [0.3, 0.4) is 0 Å². The van der Waals surface area contributed by atoms with E-state index in [0.717, 1.165) is 35.4 Å². The smallest absolute Gasteiger partial charge is 0.243 e. The number of hydrogen-bond donors (Lipinski definition) is 1. The van der Waals surface area contributed by atoms with E-state index in [-0.39, 0.29) is 24.2 Å². The van der Waals surface area contributed by atoms with Gasteiger partial charge in [0.1, 0.15) is 5.78 Å². The van der Waals surface area contributed by atoms with Crippen molar-refractivity contribution in [1.82, 2.24) is 9.88 Å². The van der Waals surface area contributed by atoms with E-state index in [1.807, 2.05) is 30.3 Å². The molecule has 148 valence electrons. The monoisotopic (exact) mass is 399 g/mol. The largest absolute Gasteiger partial charge is 0.381 e. The second-order valence-corrected chi connectivity index (χ2v) is 8.36. The maximum absolute atomic E-state index is 13.0. The standard InChI is InChI=1S/C21H25N3O3S/c1-2-18-19(14-6-4-3-5-7-14)22-21(28-18)23-20(26)17-12-16(25)13-24(17)15-8-10-27-11-9-15/h3-7,15,17H,2,8-13H2,1H3,(H,22,23,26)/t17-/m0/s1. The topological polar surface area (TPSA) is 71.5 Å². The number of aromatic nitrogens is 1. The Balaban J connectivity index is 1.51. The summed E-state index contributed by atoms with van der Waals surface area (Å²) in [6.45, 7) is 3.83. The summed E-state index contributed by atoms with van der Waals surface area (Å²) in [4.78, 5) is 33.0. The molecule has 3 heterocycles. The van der Waals surface area contributed by atoms with E-state index in [1.165, 1.54) is 11.3 Å². The highest BCUT2D eigenvalue weighted by Crippen LogP contribution is 2.32. The molecule has 1 atom stereocenters. The fraction of sp³-hybridized carbons (Fsp3) is 0.476. The summed E-state index contributed by atoms with van der Waals surface area (Å²) < 4.78 is 5.43. The molecule has 1 amide bonds. The fourth-order valence-electron chi connectivity index (χ4n) is 4.01. The molecule has 1 aromatic carbocycles. The number of hydrogen-bond acceptors (Lipinski definition) is 6. The van der Waals surface area contributed by atoms with Crippen molar-refractivity contribution in [3.63, 3.8) is 0 Å². The Kier molecular flexibility index (Phi) is 5.85. The molecule has 2 aromatic rings. The van der Waals surface area contributed by atoms with Crippen LogP contribution in [0.2, 0.25) is 0 Å². The molecular weight excluding hydrogens is 374 g/mol.